The first kappa shape index (κ1) is 20.3. The van der Waals surface area contributed by atoms with E-state index in [0.29, 0.717) is 24.5 Å². The number of hydrogen-bond acceptors (Lipinski definition) is 5. The number of nitrogens with one attached hydrogen (secondary N) is 2. The van der Waals surface area contributed by atoms with E-state index in [9.17, 15) is 13.2 Å². The third-order valence-corrected chi connectivity index (χ3v) is 4.50. The van der Waals surface area contributed by atoms with Crippen LogP contribution in [0.4, 0.5) is 10.5 Å². The van der Waals surface area contributed by atoms with Gasteiger partial charge in [0, 0.05) is 18.5 Å². The average molecular weight is 387 g/mol. The second kappa shape index (κ2) is 9.59. The van der Waals surface area contributed by atoms with Gasteiger partial charge in [0.1, 0.15) is 22.2 Å². The lowest BCUT2D eigenvalue weighted by Crippen LogP contribution is -2.32. The molecule has 0 aliphatic rings. The zero-order valence-electron chi connectivity index (χ0n) is 14.9. The number of hydrogen-bond donors (Lipinski definition) is 2. The van der Waals surface area contributed by atoms with Gasteiger partial charge in [-0.2, -0.15) is 5.26 Å². The van der Waals surface area contributed by atoms with Gasteiger partial charge in [-0.15, -0.1) is 0 Å². The number of benzene rings is 2. The first-order valence-electron chi connectivity index (χ1n) is 8.26. The fourth-order valence-corrected chi connectivity index (χ4v) is 2.70. The zero-order chi connectivity index (χ0) is 19.7. The molecule has 0 aliphatic carbocycles. The summed E-state index contributed by atoms with van der Waals surface area (Å²) >= 11 is 0. The lowest BCUT2D eigenvalue weighted by atomic mass is 10.1. The Kier molecular flexibility index (Phi) is 7.20. The van der Waals surface area contributed by atoms with Crippen molar-refractivity contribution in [2.24, 2.45) is 0 Å². The fraction of sp³-hybridized carbons (Fsp3) is 0.263. The van der Waals surface area contributed by atoms with E-state index in [1.54, 1.807) is 18.2 Å². The number of nitriles is 1. The van der Waals surface area contributed by atoms with E-state index in [0.717, 1.165) is 17.4 Å². The van der Waals surface area contributed by atoms with Gasteiger partial charge in [0.15, 0.2) is 0 Å². The standard InChI is InChI=1S/C19H21N3O4S/c1-27(24,25)12-11-21-19(23)22-17-4-2-3-16(13-17)14-26-18-7-5-15(6-8-18)9-10-20/h2-8,13H,9,11-12,14H2,1H3,(H2,21,22,23). The minimum absolute atomic E-state index is 0.0509. The Morgan fingerprint density at radius 1 is 1.15 bits per heavy atom. The van der Waals surface area contributed by atoms with Crippen molar-refractivity contribution in [3.05, 3.63) is 59.7 Å². The topological polar surface area (TPSA) is 108 Å². The molecule has 0 unspecified atom stereocenters. The molecule has 0 aliphatic heterocycles. The van der Waals surface area contributed by atoms with Crippen LogP contribution in [0.1, 0.15) is 11.1 Å². The summed E-state index contributed by atoms with van der Waals surface area (Å²) in [6, 6.07) is 16.1. The summed E-state index contributed by atoms with van der Waals surface area (Å²) in [6.45, 7) is 0.373. The summed E-state index contributed by atoms with van der Waals surface area (Å²) < 4.78 is 27.8. The molecule has 2 rings (SSSR count). The predicted molar refractivity (Wildman–Crippen MR) is 103 cm³/mol. The number of carbonyl (C=O) groups excluding carboxylic acids is 1. The SMILES string of the molecule is CS(=O)(=O)CCNC(=O)Nc1cccc(COc2ccc(CC#N)cc2)c1. The average Bonchev–Trinajstić information content (AvgIpc) is 2.60. The third kappa shape index (κ3) is 7.79. The normalized spacial score (nSPS) is 10.7. The summed E-state index contributed by atoms with van der Waals surface area (Å²) in [5, 5.41) is 13.8. The molecule has 2 amide bonds. The molecule has 7 nitrogen and oxygen atoms in total. The van der Waals surface area contributed by atoms with Gasteiger partial charge in [-0.25, -0.2) is 13.2 Å². The number of rotatable bonds is 8. The monoisotopic (exact) mass is 387 g/mol. The summed E-state index contributed by atoms with van der Waals surface area (Å²) in [6.07, 6.45) is 1.48. The molecule has 0 saturated carbocycles. The van der Waals surface area contributed by atoms with Crippen LogP contribution in [0.25, 0.3) is 0 Å². The van der Waals surface area contributed by atoms with Crippen LogP contribution in [0.5, 0.6) is 5.75 Å². The smallest absolute Gasteiger partial charge is 0.319 e. The number of urea groups is 1. The lowest BCUT2D eigenvalue weighted by molar-refractivity contribution is 0.252. The zero-order valence-corrected chi connectivity index (χ0v) is 15.8. The summed E-state index contributed by atoms with van der Waals surface area (Å²) in [7, 11) is -3.11. The van der Waals surface area contributed by atoms with Crippen molar-refractivity contribution < 1.29 is 17.9 Å². The van der Waals surface area contributed by atoms with Crippen molar-refractivity contribution in [2.75, 3.05) is 23.9 Å². The van der Waals surface area contributed by atoms with E-state index < -0.39 is 15.9 Å². The Labute approximate surface area is 158 Å². The summed E-state index contributed by atoms with van der Waals surface area (Å²) in [4.78, 5) is 11.8. The van der Waals surface area contributed by atoms with Gasteiger partial charge < -0.3 is 15.4 Å². The maximum absolute atomic E-state index is 11.8. The van der Waals surface area contributed by atoms with Crippen LogP contribution in [0.15, 0.2) is 48.5 Å². The van der Waals surface area contributed by atoms with Gasteiger partial charge >= 0.3 is 6.03 Å². The van der Waals surface area contributed by atoms with Crippen LogP contribution in [-0.2, 0) is 22.9 Å². The van der Waals surface area contributed by atoms with Crippen LogP contribution >= 0.6 is 0 Å². The van der Waals surface area contributed by atoms with Crippen molar-refractivity contribution >= 4 is 21.6 Å². The molecule has 2 N–H and O–H groups in total. The molecule has 27 heavy (non-hydrogen) atoms. The number of sulfone groups is 1. The largest absolute Gasteiger partial charge is 0.489 e. The molecule has 2 aromatic rings. The molecular weight excluding hydrogens is 366 g/mol. The van der Waals surface area contributed by atoms with E-state index in [1.807, 2.05) is 30.3 Å². The number of nitrogens with zero attached hydrogens (tertiary/aromatic N) is 1. The quantitative estimate of drug-likeness (QED) is 0.723. The number of ether oxygens (including phenoxy) is 1. The molecule has 0 aromatic heterocycles. The maximum Gasteiger partial charge on any atom is 0.319 e. The first-order chi connectivity index (χ1) is 12.9. The molecular formula is C19H21N3O4S. The molecule has 8 heteroatoms. The van der Waals surface area contributed by atoms with Crippen LogP contribution in [-0.4, -0.2) is 33.0 Å². The second-order valence-electron chi connectivity index (χ2n) is 5.98. The van der Waals surface area contributed by atoms with Gasteiger partial charge in [0.05, 0.1) is 18.2 Å². The minimum Gasteiger partial charge on any atom is -0.489 e. The predicted octanol–water partition coefficient (Wildman–Crippen LogP) is 2.50. The number of carbonyl (C=O) groups is 1. The Bertz CT molecular complexity index is 919. The van der Waals surface area contributed by atoms with Crippen molar-refractivity contribution in [1.29, 1.82) is 5.26 Å². The van der Waals surface area contributed by atoms with Crippen molar-refractivity contribution in [1.82, 2.24) is 5.32 Å². The van der Waals surface area contributed by atoms with Crippen LogP contribution in [0, 0.1) is 11.3 Å². The molecule has 0 fully saturated rings. The number of amides is 2. The third-order valence-electron chi connectivity index (χ3n) is 3.56. The van der Waals surface area contributed by atoms with Gasteiger partial charge in [0.2, 0.25) is 0 Å². The lowest BCUT2D eigenvalue weighted by Gasteiger charge is -2.10. The van der Waals surface area contributed by atoms with Gasteiger partial charge in [-0.1, -0.05) is 24.3 Å². The minimum atomic E-state index is -3.11. The molecule has 0 atom stereocenters. The van der Waals surface area contributed by atoms with E-state index in [2.05, 4.69) is 16.7 Å². The molecule has 0 radical (unpaired) electrons. The summed E-state index contributed by atoms with van der Waals surface area (Å²) in [5.41, 5.74) is 2.38. The Balaban J connectivity index is 1.85. The van der Waals surface area contributed by atoms with Gasteiger partial charge in [0.25, 0.3) is 0 Å². The fourth-order valence-electron chi connectivity index (χ4n) is 2.23. The highest BCUT2D eigenvalue weighted by molar-refractivity contribution is 7.90. The maximum atomic E-state index is 11.8. The molecule has 0 saturated heterocycles. The molecule has 0 bridgehead atoms. The Hall–Kier alpha value is -3.05. The van der Waals surface area contributed by atoms with Crippen molar-refractivity contribution in [3.8, 4) is 11.8 Å². The molecule has 142 valence electrons. The molecule has 0 heterocycles. The van der Waals surface area contributed by atoms with E-state index in [4.69, 9.17) is 10.00 Å². The van der Waals surface area contributed by atoms with Gasteiger partial charge in [-0.3, -0.25) is 0 Å². The van der Waals surface area contributed by atoms with Crippen LogP contribution < -0.4 is 15.4 Å². The van der Waals surface area contributed by atoms with E-state index >= 15 is 0 Å². The number of anilines is 1. The highest BCUT2D eigenvalue weighted by Gasteiger charge is 2.06. The van der Waals surface area contributed by atoms with Crippen molar-refractivity contribution in [2.45, 2.75) is 13.0 Å². The highest BCUT2D eigenvalue weighted by atomic mass is 32.2. The Morgan fingerprint density at radius 3 is 2.56 bits per heavy atom. The van der Waals surface area contributed by atoms with Crippen LogP contribution in [0.3, 0.4) is 0 Å². The van der Waals surface area contributed by atoms with E-state index in [-0.39, 0.29) is 12.3 Å². The molecule has 0 spiro atoms. The highest BCUT2D eigenvalue weighted by Crippen LogP contribution is 2.16. The Morgan fingerprint density at radius 2 is 1.89 bits per heavy atom. The van der Waals surface area contributed by atoms with E-state index in [1.165, 1.54) is 0 Å². The first-order valence-corrected chi connectivity index (χ1v) is 10.3. The summed E-state index contributed by atoms with van der Waals surface area (Å²) in [5.74, 6) is 0.579. The van der Waals surface area contributed by atoms with Gasteiger partial charge in [-0.05, 0) is 35.4 Å². The second-order valence-corrected chi connectivity index (χ2v) is 8.24. The molecule has 2 aromatic carbocycles. The van der Waals surface area contributed by atoms with Crippen LogP contribution in [0.2, 0.25) is 0 Å². The van der Waals surface area contributed by atoms with Crippen molar-refractivity contribution in [3.63, 3.8) is 0 Å².